The number of thioether (sulfide) groups is 1. The molecule has 0 N–H and O–H groups in total. The maximum atomic E-state index is 12.2. The second-order valence-electron chi connectivity index (χ2n) is 3.16. The van der Waals surface area contributed by atoms with E-state index in [0.29, 0.717) is 10.0 Å². The number of Topliss-reactive ketones (excluding diaryl/α,β-unsaturated/α-hetero) is 1. The number of rotatable bonds is 3. The summed E-state index contributed by atoms with van der Waals surface area (Å²) < 4.78 is 36.9. The molecule has 0 atom stereocenters. The molecule has 0 aromatic heterocycles. The first-order chi connectivity index (χ1) is 7.29. The number of halogens is 4. The molecule has 88 valence electrons. The van der Waals surface area contributed by atoms with Crippen molar-refractivity contribution < 1.29 is 18.0 Å². The summed E-state index contributed by atoms with van der Waals surface area (Å²) in [6.45, 7) is 1.40. The number of carbonyl (C=O) groups is 1. The highest BCUT2D eigenvalue weighted by atomic mass is 79.9. The Hall–Kier alpha value is -0.490. The molecule has 0 saturated carbocycles. The van der Waals surface area contributed by atoms with Crippen LogP contribution in [0.1, 0.15) is 12.5 Å². The Morgan fingerprint density at radius 1 is 1.44 bits per heavy atom. The second kappa shape index (κ2) is 5.23. The maximum Gasteiger partial charge on any atom is 0.446 e. The van der Waals surface area contributed by atoms with Crippen LogP contribution in [-0.4, -0.2) is 11.3 Å². The summed E-state index contributed by atoms with van der Waals surface area (Å²) in [5, 5.41) is 0. The Labute approximate surface area is 104 Å². The Morgan fingerprint density at radius 2 is 2.06 bits per heavy atom. The molecule has 0 aliphatic carbocycles. The maximum absolute atomic E-state index is 12.2. The SMILES string of the molecule is CC(=O)Cc1cccc(SC(F)(F)F)c1Br. The molecule has 0 unspecified atom stereocenters. The summed E-state index contributed by atoms with van der Waals surface area (Å²) in [6.07, 6.45) is 0.132. The summed E-state index contributed by atoms with van der Waals surface area (Å²) in [5.41, 5.74) is -3.75. The van der Waals surface area contributed by atoms with Crippen LogP contribution in [0.4, 0.5) is 13.2 Å². The third-order valence-electron chi connectivity index (χ3n) is 1.71. The normalized spacial score (nSPS) is 11.6. The number of benzene rings is 1. The van der Waals surface area contributed by atoms with E-state index in [1.165, 1.54) is 19.1 Å². The van der Waals surface area contributed by atoms with Gasteiger partial charge in [0.15, 0.2) is 0 Å². The zero-order valence-electron chi connectivity index (χ0n) is 8.27. The quantitative estimate of drug-likeness (QED) is 0.778. The molecular weight excluding hydrogens is 305 g/mol. The van der Waals surface area contributed by atoms with Crippen LogP contribution in [-0.2, 0) is 11.2 Å². The van der Waals surface area contributed by atoms with Gasteiger partial charge in [-0.3, -0.25) is 4.79 Å². The Balaban J connectivity index is 2.99. The third-order valence-corrected chi connectivity index (χ3v) is 3.70. The van der Waals surface area contributed by atoms with Gasteiger partial charge in [0.2, 0.25) is 0 Å². The van der Waals surface area contributed by atoms with E-state index in [-0.39, 0.29) is 28.9 Å². The van der Waals surface area contributed by atoms with Crippen LogP contribution in [0.5, 0.6) is 0 Å². The van der Waals surface area contributed by atoms with Crippen molar-refractivity contribution in [1.29, 1.82) is 0 Å². The fourth-order valence-electron chi connectivity index (χ4n) is 1.16. The van der Waals surface area contributed by atoms with Crippen molar-refractivity contribution in [2.45, 2.75) is 23.7 Å². The van der Waals surface area contributed by atoms with Gasteiger partial charge in [0.05, 0.1) is 0 Å². The molecule has 0 fully saturated rings. The summed E-state index contributed by atoms with van der Waals surface area (Å²) in [5.74, 6) is -0.0881. The van der Waals surface area contributed by atoms with Gasteiger partial charge in [-0.15, -0.1) is 0 Å². The van der Waals surface area contributed by atoms with Crippen LogP contribution >= 0.6 is 27.7 Å². The number of ketones is 1. The summed E-state index contributed by atoms with van der Waals surface area (Å²) in [4.78, 5) is 11.0. The largest absolute Gasteiger partial charge is 0.446 e. The fourth-order valence-corrected chi connectivity index (χ4v) is 2.43. The molecule has 16 heavy (non-hydrogen) atoms. The van der Waals surface area contributed by atoms with E-state index in [0.717, 1.165) is 0 Å². The summed E-state index contributed by atoms with van der Waals surface area (Å²) in [7, 11) is 0. The van der Waals surface area contributed by atoms with Crippen LogP contribution in [0.15, 0.2) is 27.6 Å². The Morgan fingerprint density at radius 3 is 2.56 bits per heavy atom. The minimum Gasteiger partial charge on any atom is -0.300 e. The fraction of sp³-hybridized carbons (Fsp3) is 0.300. The van der Waals surface area contributed by atoms with Crippen LogP contribution in [0.2, 0.25) is 0 Å². The Kier molecular flexibility index (Phi) is 4.43. The van der Waals surface area contributed by atoms with Crippen molar-refractivity contribution >= 4 is 33.5 Å². The molecule has 0 aliphatic rings. The predicted molar refractivity (Wildman–Crippen MR) is 60.4 cm³/mol. The van der Waals surface area contributed by atoms with E-state index in [4.69, 9.17) is 0 Å². The second-order valence-corrected chi connectivity index (χ2v) is 5.06. The Bertz CT molecular complexity index is 404. The van der Waals surface area contributed by atoms with E-state index in [1.807, 2.05) is 0 Å². The van der Waals surface area contributed by atoms with Gasteiger partial charge in [0, 0.05) is 15.8 Å². The molecule has 0 heterocycles. The zero-order chi connectivity index (χ0) is 12.3. The van der Waals surface area contributed by atoms with Crippen LogP contribution in [0.3, 0.4) is 0 Å². The topological polar surface area (TPSA) is 17.1 Å². The van der Waals surface area contributed by atoms with Gasteiger partial charge in [-0.05, 0) is 46.2 Å². The van der Waals surface area contributed by atoms with Crippen molar-refractivity contribution in [2.24, 2.45) is 0 Å². The summed E-state index contributed by atoms with van der Waals surface area (Å²) >= 11 is 2.90. The van der Waals surface area contributed by atoms with Crippen molar-refractivity contribution in [1.82, 2.24) is 0 Å². The highest BCUT2D eigenvalue weighted by Crippen LogP contribution is 2.41. The van der Waals surface area contributed by atoms with Crippen LogP contribution < -0.4 is 0 Å². The average molecular weight is 313 g/mol. The van der Waals surface area contributed by atoms with E-state index in [2.05, 4.69) is 15.9 Å². The molecule has 0 amide bonds. The van der Waals surface area contributed by atoms with Gasteiger partial charge in [-0.1, -0.05) is 12.1 Å². The number of hydrogen-bond acceptors (Lipinski definition) is 2. The first-order valence-corrected chi connectivity index (χ1v) is 5.93. The molecule has 6 heteroatoms. The molecule has 1 aromatic carbocycles. The predicted octanol–water partition coefficient (Wildman–Crippen LogP) is 4.19. The molecule has 0 saturated heterocycles. The van der Waals surface area contributed by atoms with Gasteiger partial charge < -0.3 is 0 Å². The van der Waals surface area contributed by atoms with Gasteiger partial charge in [0.25, 0.3) is 0 Å². The molecule has 0 radical (unpaired) electrons. The highest BCUT2D eigenvalue weighted by molar-refractivity contribution is 9.10. The van der Waals surface area contributed by atoms with Gasteiger partial charge in [0.1, 0.15) is 5.78 Å². The molecule has 1 aromatic rings. The summed E-state index contributed by atoms with van der Waals surface area (Å²) in [6, 6.07) is 4.51. The van der Waals surface area contributed by atoms with Crippen molar-refractivity contribution in [2.75, 3.05) is 0 Å². The third kappa shape index (κ3) is 4.17. The van der Waals surface area contributed by atoms with Crippen LogP contribution in [0.25, 0.3) is 0 Å². The molecule has 1 nitrogen and oxygen atoms in total. The minimum atomic E-state index is -4.32. The zero-order valence-corrected chi connectivity index (χ0v) is 10.7. The molecule has 0 bridgehead atoms. The number of carbonyl (C=O) groups excluding carboxylic acids is 1. The van der Waals surface area contributed by atoms with Crippen molar-refractivity contribution in [3.05, 3.63) is 28.2 Å². The average Bonchev–Trinajstić information content (AvgIpc) is 2.09. The lowest BCUT2D eigenvalue weighted by Crippen LogP contribution is -2.02. The number of hydrogen-bond donors (Lipinski definition) is 0. The lowest BCUT2D eigenvalue weighted by Gasteiger charge is -2.10. The van der Waals surface area contributed by atoms with E-state index in [1.54, 1.807) is 6.07 Å². The van der Waals surface area contributed by atoms with E-state index < -0.39 is 5.51 Å². The lowest BCUT2D eigenvalue weighted by molar-refractivity contribution is -0.116. The van der Waals surface area contributed by atoms with E-state index >= 15 is 0 Å². The highest BCUT2D eigenvalue weighted by Gasteiger charge is 2.30. The first-order valence-electron chi connectivity index (χ1n) is 4.32. The number of alkyl halides is 3. The lowest BCUT2D eigenvalue weighted by atomic mass is 10.1. The van der Waals surface area contributed by atoms with Crippen molar-refractivity contribution in [3.8, 4) is 0 Å². The van der Waals surface area contributed by atoms with Crippen molar-refractivity contribution in [3.63, 3.8) is 0 Å². The standard InChI is InChI=1S/C10H8BrF3OS/c1-6(15)5-7-3-2-4-8(9(7)11)16-10(12,13)14/h2-4H,5H2,1H3. The van der Waals surface area contributed by atoms with E-state index in [9.17, 15) is 18.0 Å². The van der Waals surface area contributed by atoms with Gasteiger partial charge in [-0.25, -0.2) is 0 Å². The smallest absolute Gasteiger partial charge is 0.300 e. The molecule has 1 rings (SSSR count). The minimum absolute atomic E-state index is 0.0752. The molecule has 0 aliphatic heterocycles. The monoisotopic (exact) mass is 312 g/mol. The first kappa shape index (κ1) is 13.6. The molecule has 0 spiro atoms. The van der Waals surface area contributed by atoms with Gasteiger partial charge >= 0.3 is 5.51 Å². The molecular formula is C10H8BrF3OS. The van der Waals surface area contributed by atoms with Crippen LogP contribution in [0, 0.1) is 0 Å². The van der Waals surface area contributed by atoms with Gasteiger partial charge in [-0.2, -0.15) is 13.2 Å².